The van der Waals surface area contributed by atoms with Gasteiger partial charge in [-0.25, -0.2) is 13.6 Å². The number of para-hydroxylation sites is 1. The molecule has 0 fully saturated rings. The average molecular weight is 514 g/mol. The molecule has 0 bridgehead atoms. The smallest absolute Gasteiger partial charge is 0.338 e. The number of halogens is 2. The van der Waals surface area contributed by atoms with Gasteiger partial charge in [0.05, 0.1) is 12.7 Å². The van der Waals surface area contributed by atoms with Gasteiger partial charge in [-0.2, -0.15) is 0 Å². The number of benzene rings is 4. The number of hydrogen-bond donors (Lipinski definition) is 0. The molecule has 3 nitrogen and oxygen atoms in total. The van der Waals surface area contributed by atoms with Crippen molar-refractivity contribution < 1.29 is 18.3 Å². The van der Waals surface area contributed by atoms with Crippen LogP contribution in [0.1, 0.15) is 52.4 Å². The van der Waals surface area contributed by atoms with Gasteiger partial charge in [0.15, 0.2) is 0 Å². The fraction of sp³-hybridized carbons (Fsp3) is 0.242. The van der Waals surface area contributed by atoms with Crippen molar-refractivity contribution in [2.24, 2.45) is 0 Å². The summed E-state index contributed by atoms with van der Waals surface area (Å²) in [4.78, 5) is 14.8. The maximum Gasteiger partial charge on any atom is 0.338 e. The van der Waals surface area contributed by atoms with E-state index in [0.717, 1.165) is 53.3 Å². The van der Waals surface area contributed by atoms with Crippen LogP contribution in [-0.2, 0) is 24.2 Å². The third kappa shape index (κ3) is 6.46. The van der Waals surface area contributed by atoms with Crippen LogP contribution in [0.25, 0.3) is 11.1 Å². The number of unbranched alkanes of at least 4 members (excludes halogenated alkanes) is 1. The van der Waals surface area contributed by atoms with Crippen molar-refractivity contribution in [3.63, 3.8) is 0 Å². The summed E-state index contributed by atoms with van der Waals surface area (Å²) in [6.45, 7) is 4.99. The van der Waals surface area contributed by atoms with E-state index in [9.17, 15) is 13.6 Å². The molecule has 0 saturated carbocycles. The highest BCUT2D eigenvalue weighted by Crippen LogP contribution is 2.31. The molecule has 0 heterocycles. The topological polar surface area (TPSA) is 29.5 Å². The van der Waals surface area contributed by atoms with Gasteiger partial charge in [-0.15, -0.1) is 0 Å². The van der Waals surface area contributed by atoms with Crippen LogP contribution >= 0.6 is 0 Å². The summed E-state index contributed by atoms with van der Waals surface area (Å²) in [6, 6.07) is 25.5. The Morgan fingerprint density at radius 3 is 2.21 bits per heavy atom. The minimum absolute atomic E-state index is 0.330. The molecule has 0 aliphatic carbocycles. The molecule has 0 spiro atoms. The summed E-state index contributed by atoms with van der Waals surface area (Å²) in [6.07, 6.45) is 3.03. The highest BCUT2D eigenvalue weighted by atomic mass is 19.1. The van der Waals surface area contributed by atoms with Crippen LogP contribution < -0.4 is 4.90 Å². The van der Waals surface area contributed by atoms with Gasteiger partial charge >= 0.3 is 5.97 Å². The molecule has 4 rings (SSSR count). The summed E-state index contributed by atoms with van der Waals surface area (Å²) in [5.74, 6) is -1.58. The molecular weight excluding hydrogens is 480 g/mol. The van der Waals surface area contributed by atoms with Gasteiger partial charge < -0.3 is 9.64 Å². The maximum atomic E-state index is 14.1. The second kappa shape index (κ2) is 12.5. The Morgan fingerprint density at radius 1 is 0.816 bits per heavy atom. The van der Waals surface area contributed by atoms with Crippen molar-refractivity contribution in [1.82, 2.24) is 0 Å². The predicted octanol–water partition coefficient (Wildman–Crippen LogP) is 8.28. The molecule has 0 N–H and O–H groups in total. The van der Waals surface area contributed by atoms with E-state index in [2.05, 4.69) is 24.0 Å². The van der Waals surface area contributed by atoms with Gasteiger partial charge in [0.25, 0.3) is 0 Å². The third-order valence-corrected chi connectivity index (χ3v) is 6.73. The van der Waals surface area contributed by atoms with Gasteiger partial charge in [-0.1, -0.05) is 61.9 Å². The molecule has 0 saturated heterocycles. The summed E-state index contributed by atoms with van der Waals surface area (Å²) < 4.78 is 33.2. The number of aryl methyl sites for hydroxylation is 2. The maximum absolute atomic E-state index is 14.1. The first-order chi connectivity index (χ1) is 18.4. The molecule has 0 amide bonds. The number of carbonyl (C=O) groups is 1. The zero-order valence-electron chi connectivity index (χ0n) is 22.1. The molecule has 0 unspecified atom stereocenters. The second-order valence-corrected chi connectivity index (χ2v) is 9.55. The number of esters is 1. The van der Waals surface area contributed by atoms with Crippen molar-refractivity contribution in [2.75, 3.05) is 12.0 Å². The van der Waals surface area contributed by atoms with E-state index in [-0.39, 0.29) is 0 Å². The van der Waals surface area contributed by atoms with Crippen LogP contribution in [-0.4, -0.2) is 13.1 Å². The van der Waals surface area contributed by atoms with Crippen LogP contribution in [0, 0.1) is 18.6 Å². The van der Waals surface area contributed by atoms with Crippen molar-refractivity contribution in [2.45, 2.75) is 46.2 Å². The van der Waals surface area contributed by atoms with Gasteiger partial charge in [0, 0.05) is 24.8 Å². The molecule has 5 heteroatoms. The van der Waals surface area contributed by atoms with E-state index in [4.69, 9.17) is 4.74 Å². The summed E-state index contributed by atoms with van der Waals surface area (Å²) >= 11 is 0. The summed E-state index contributed by atoms with van der Waals surface area (Å²) in [5.41, 5.74) is 7.03. The number of anilines is 1. The monoisotopic (exact) mass is 513 g/mol. The quantitative estimate of drug-likeness (QED) is 0.200. The fourth-order valence-corrected chi connectivity index (χ4v) is 4.84. The molecule has 0 atom stereocenters. The Labute approximate surface area is 223 Å². The molecule has 196 valence electrons. The Morgan fingerprint density at radius 2 is 1.50 bits per heavy atom. The fourth-order valence-electron chi connectivity index (χ4n) is 4.84. The number of ether oxygens (including phenoxy) is 1. The minimum Gasteiger partial charge on any atom is -0.465 e. The van der Waals surface area contributed by atoms with Crippen molar-refractivity contribution in [3.8, 4) is 11.1 Å². The van der Waals surface area contributed by atoms with Crippen molar-refractivity contribution in [1.29, 1.82) is 0 Å². The molecule has 4 aromatic carbocycles. The standard InChI is InChI=1S/C33H33F2NO2/c1-4-5-11-26-12-7-9-14-32(26)36(22-25-17-27(34)20-28(35)18-25)21-24-15-16-30(33(37)38-3)31(19-24)29-13-8-6-10-23(29)2/h6-10,12-20H,4-5,11,21-22H2,1-3H3. The number of rotatable bonds is 10. The minimum atomic E-state index is -0.594. The average Bonchev–Trinajstić information content (AvgIpc) is 2.91. The van der Waals surface area contributed by atoms with E-state index >= 15 is 0 Å². The lowest BCUT2D eigenvalue weighted by molar-refractivity contribution is 0.0601. The van der Waals surface area contributed by atoms with Gasteiger partial charge in [-0.3, -0.25) is 0 Å². The molecule has 0 aromatic heterocycles. The van der Waals surface area contributed by atoms with E-state index in [1.54, 1.807) is 6.07 Å². The first-order valence-electron chi connectivity index (χ1n) is 12.9. The summed E-state index contributed by atoms with van der Waals surface area (Å²) in [5, 5.41) is 0. The molecular formula is C33H33F2NO2. The van der Waals surface area contributed by atoms with E-state index < -0.39 is 17.6 Å². The van der Waals surface area contributed by atoms with Crippen molar-refractivity contribution in [3.05, 3.63) is 124 Å². The van der Waals surface area contributed by atoms with Crippen molar-refractivity contribution >= 4 is 11.7 Å². The Kier molecular flexibility index (Phi) is 8.90. The lowest BCUT2D eigenvalue weighted by Gasteiger charge is -2.28. The predicted molar refractivity (Wildman–Crippen MR) is 149 cm³/mol. The zero-order chi connectivity index (χ0) is 27.1. The molecule has 4 aromatic rings. The number of methoxy groups -OCH3 is 1. The Hall–Kier alpha value is -3.99. The lowest BCUT2D eigenvalue weighted by Crippen LogP contribution is -2.24. The van der Waals surface area contributed by atoms with E-state index in [1.807, 2.05) is 55.5 Å². The molecule has 0 aliphatic rings. The van der Waals surface area contributed by atoms with E-state index in [0.29, 0.717) is 24.2 Å². The first-order valence-corrected chi connectivity index (χ1v) is 12.9. The van der Waals surface area contributed by atoms with Crippen LogP contribution in [0.5, 0.6) is 0 Å². The Balaban J connectivity index is 1.79. The number of hydrogen-bond acceptors (Lipinski definition) is 3. The molecule has 38 heavy (non-hydrogen) atoms. The Bertz CT molecular complexity index is 1400. The molecule has 0 radical (unpaired) electrons. The van der Waals surface area contributed by atoms with Crippen LogP contribution in [0.3, 0.4) is 0 Å². The molecule has 0 aliphatic heterocycles. The number of nitrogens with zero attached hydrogens (tertiary/aromatic N) is 1. The van der Waals surface area contributed by atoms with Gasteiger partial charge in [-0.05, 0) is 83.5 Å². The normalized spacial score (nSPS) is 10.9. The second-order valence-electron chi connectivity index (χ2n) is 9.55. The first kappa shape index (κ1) is 27.1. The van der Waals surface area contributed by atoms with Crippen LogP contribution in [0.15, 0.2) is 84.9 Å². The van der Waals surface area contributed by atoms with Gasteiger partial charge in [0.1, 0.15) is 11.6 Å². The zero-order valence-corrected chi connectivity index (χ0v) is 22.1. The lowest BCUT2D eigenvalue weighted by atomic mass is 9.94. The SMILES string of the molecule is CCCCc1ccccc1N(Cc1cc(F)cc(F)c1)Cc1ccc(C(=O)OC)c(-c2ccccc2C)c1. The number of carbonyl (C=O) groups excluding carboxylic acids is 1. The highest BCUT2D eigenvalue weighted by Gasteiger charge is 2.18. The van der Waals surface area contributed by atoms with Crippen LogP contribution in [0.2, 0.25) is 0 Å². The van der Waals surface area contributed by atoms with Gasteiger partial charge in [0.2, 0.25) is 0 Å². The van der Waals surface area contributed by atoms with E-state index in [1.165, 1.54) is 24.8 Å². The van der Waals surface area contributed by atoms with Crippen LogP contribution in [0.4, 0.5) is 14.5 Å². The third-order valence-electron chi connectivity index (χ3n) is 6.73. The summed E-state index contributed by atoms with van der Waals surface area (Å²) in [7, 11) is 1.38. The largest absolute Gasteiger partial charge is 0.465 e. The highest BCUT2D eigenvalue weighted by molar-refractivity contribution is 5.97.